The van der Waals surface area contributed by atoms with Crippen molar-refractivity contribution in [3.8, 4) is 17.5 Å². The van der Waals surface area contributed by atoms with Crippen molar-refractivity contribution in [2.45, 2.75) is 38.7 Å². The van der Waals surface area contributed by atoms with Crippen LogP contribution in [0.3, 0.4) is 0 Å². The number of aromatic amines is 1. The zero-order chi connectivity index (χ0) is 25.2. The highest BCUT2D eigenvalue weighted by Crippen LogP contribution is 2.31. The number of esters is 1. The average molecular weight is 501 g/mol. The Morgan fingerprint density at radius 2 is 1.86 bits per heavy atom. The van der Waals surface area contributed by atoms with Crippen molar-refractivity contribution in [1.29, 1.82) is 0 Å². The molecule has 1 saturated carbocycles. The number of benzene rings is 2. The Hall–Kier alpha value is -4.09. The van der Waals surface area contributed by atoms with Crippen LogP contribution in [-0.4, -0.2) is 38.8 Å². The maximum atomic E-state index is 13.9. The van der Waals surface area contributed by atoms with Gasteiger partial charge in [0.1, 0.15) is 11.6 Å². The highest BCUT2D eigenvalue weighted by Gasteiger charge is 2.28. The van der Waals surface area contributed by atoms with Gasteiger partial charge in [0, 0.05) is 18.2 Å². The summed E-state index contributed by atoms with van der Waals surface area (Å²) >= 11 is 0. The summed E-state index contributed by atoms with van der Waals surface area (Å²) in [7, 11) is 0. The van der Waals surface area contributed by atoms with Crippen LogP contribution < -0.4 is 10.1 Å². The number of ether oxygens (including phenoxy) is 2. The normalized spacial score (nSPS) is 17.8. The second-order valence-corrected chi connectivity index (χ2v) is 8.39. The van der Waals surface area contributed by atoms with Crippen LogP contribution in [0.5, 0.6) is 5.75 Å². The van der Waals surface area contributed by atoms with Gasteiger partial charge in [-0.2, -0.15) is 0 Å². The van der Waals surface area contributed by atoms with Gasteiger partial charge in [0.05, 0.1) is 35.3 Å². The number of halogens is 3. The maximum Gasteiger partial charge on any atom is 0.320 e. The van der Waals surface area contributed by atoms with Crippen LogP contribution in [0, 0.1) is 23.4 Å². The first-order valence-corrected chi connectivity index (χ1v) is 11.5. The molecule has 0 radical (unpaired) electrons. The molecule has 2 aromatic heterocycles. The average Bonchev–Trinajstić information content (AvgIpc) is 3.50. The molecular weight excluding hydrogens is 479 g/mol. The number of hydrogen-bond acceptors (Lipinski definition) is 8. The molecule has 5 rings (SSSR count). The van der Waals surface area contributed by atoms with Crippen LogP contribution in [-0.2, 0) is 9.53 Å². The molecule has 0 spiro atoms. The Labute approximate surface area is 203 Å². The zero-order valence-electron chi connectivity index (χ0n) is 19.2. The number of carbonyl (C=O) groups excluding carboxylic acids is 1. The van der Waals surface area contributed by atoms with Crippen LogP contribution in [0.2, 0.25) is 0 Å². The highest BCUT2D eigenvalue weighted by molar-refractivity contribution is 5.79. The first-order valence-electron chi connectivity index (χ1n) is 11.5. The Kier molecular flexibility index (Phi) is 6.49. The molecule has 188 valence electrons. The largest absolute Gasteiger partial charge is 0.490 e. The molecule has 4 aromatic rings. The van der Waals surface area contributed by atoms with Crippen molar-refractivity contribution in [2.75, 3.05) is 11.9 Å². The van der Waals surface area contributed by atoms with E-state index in [2.05, 4.69) is 25.5 Å². The molecule has 0 amide bonds. The summed E-state index contributed by atoms with van der Waals surface area (Å²) in [6, 6.07) is 6.23. The van der Waals surface area contributed by atoms with Gasteiger partial charge in [0.25, 0.3) is 5.89 Å². The Bertz CT molecular complexity index is 1400. The van der Waals surface area contributed by atoms with Crippen LogP contribution in [0.4, 0.5) is 24.9 Å². The fourth-order valence-electron chi connectivity index (χ4n) is 4.14. The zero-order valence-corrected chi connectivity index (χ0v) is 19.2. The molecule has 1 aliphatic rings. The van der Waals surface area contributed by atoms with E-state index in [0.717, 1.165) is 25.7 Å². The number of rotatable bonds is 7. The number of nitrogens with one attached hydrogen (secondary N) is 2. The Morgan fingerprint density at radius 1 is 1.08 bits per heavy atom. The van der Waals surface area contributed by atoms with Gasteiger partial charge in [-0.15, -0.1) is 5.10 Å². The van der Waals surface area contributed by atoms with E-state index in [9.17, 15) is 18.0 Å². The Morgan fingerprint density at radius 3 is 2.64 bits per heavy atom. The molecule has 0 saturated heterocycles. The van der Waals surface area contributed by atoms with Crippen LogP contribution >= 0.6 is 0 Å². The van der Waals surface area contributed by atoms with Crippen molar-refractivity contribution in [3.05, 3.63) is 47.8 Å². The van der Waals surface area contributed by atoms with Crippen molar-refractivity contribution in [2.24, 2.45) is 5.92 Å². The van der Waals surface area contributed by atoms with Crippen molar-refractivity contribution < 1.29 is 31.9 Å². The molecule has 9 nitrogen and oxygen atoms in total. The maximum absolute atomic E-state index is 13.9. The third-order valence-corrected chi connectivity index (χ3v) is 5.93. The summed E-state index contributed by atoms with van der Waals surface area (Å²) in [6.45, 7) is 2.19. The van der Waals surface area contributed by atoms with E-state index in [1.165, 1.54) is 0 Å². The number of nitrogens with zero attached hydrogens (tertiary/aromatic N) is 3. The summed E-state index contributed by atoms with van der Waals surface area (Å²) in [4.78, 5) is 19.4. The molecule has 2 N–H and O–H groups in total. The molecule has 0 aliphatic heterocycles. The number of fused-ring (bicyclic) bond motifs is 1. The SMILES string of the molecule is CCOC(=O)[C@H]1CC[C@H](Oc2ccc3nc(-c4nnc(Nc5cc(F)c(F)cc5F)o4)[nH]c3c2)CC1. The lowest BCUT2D eigenvalue weighted by atomic mass is 9.87. The van der Waals surface area contributed by atoms with E-state index < -0.39 is 17.5 Å². The van der Waals surface area contributed by atoms with Crippen molar-refractivity contribution in [1.82, 2.24) is 20.2 Å². The van der Waals surface area contributed by atoms with Gasteiger partial charge in [0.2, 0.25) is 0 Å². The molecule has 0 atom stereocenters. The van der Waals surface area contributed by atoms with E-state index in [4.69, 9.17) is 13.9 Å². The van der Waals surface area contributed by atoms with Gasteiger partial charge >= 0.3 is 12.0 Å². The third-order valence-electron chi connectivity index (χ3n) is 5.93. The number of imidazole rings is 1. The summed E-state index contributed by atoms with van der Waals surface area (Å²) in [6.07, 6.45) is 2.96. The highest BCUT2D eigenvalue weighted by atomic mass is 19.2. The van der Waals surface area contributed by atoms with E-state index in [1.807, 2.05) is 0 Å². The van der Waals surface area contributed by atoms with Crippen LogP contribution in [0.15, 0.2) is 34.7 Å². The topological polar surface area (TPSA) is 115 Å². The first-order chi connectivity index (χ1) is 17.4. The minimum atomic E-state index is -1.31. The fraction of sp³-hybridized carbons (Fsp3) is 0.333. The van der Waals surface area contributed by atoms with E-state index in [1.54, 1.807) is 25.1 Å². The fourth-order valence-corrected chi connectivity index (χ4v) is 4.14. The number of hydrogen-bond donors (Lipinski definition) is 2. The van der Waals surface area contributed by atoms with E-state index >= 15 is 0 Å². The number of anilines is 2. The summed E-state index contributed by atoms with van der Waals surface area (Å²) < 4.78 is 57.1. The molecule has 0 unspecified atom stereocenters. The molecule has 12 heteroatoms. The molecule has 2 heterocycles. The second kappa shape index (κ2) is 9.88. The lowest BCUT2D eigenvalue weighted by Crippen LogP contribution is -2.29. The molecule has 1 aliphatic carbocycles. The summed E-state index contributed by atoms with van der Waals surface area (Å²) in [5.41, 5.74) is 0.941. The van der Waals surface area contributed by atoms with Crippen molar-refractivity contribution >= 4 is 28.7 Å². The predicted molar refractivity (Wildman–Crippen MR) is 122 cm³/mol. The van der Waals surface area contributed by atoms with Gasteiger partial charge in [-0.1, -0.05) is 5.10 Å². The standard InChI is InChI=1S/C24H22F3N5O4/c1-2-34-23(33)12-3-5-13(6-4-12)35-14-7-8-18-20(9-14)29-21(28-18)22-31-32-24(36-22)30-19-11-16(26)15(25)10-17(19)27/h7-13H,2-6H2,1H3,(H,28,29)(H,30,32)/t12-,13-. The lowest BCUT2D eigenvalue weighted by molar-refractivity contribution is -0.149. The second-order valence-electron chi connectivity index (χ2n) is 8.39. The lowest BCUT2D eigenvalue weighted by Gasteiger charge is -2.27. The minimum Gasteiger partial charge on any atom is -0.490 e. The Balaban J connectivity index is 1.25. The molecule has 1 fully saturated rings. The van der Waals surface area contributed by atoms with Crippen LogP contribution in [0.25, 0.3) is 22.7 Å². The van der Waals surface area contributed by atoms with Gasteiger partial charge in [-0.3, -0.25) is 4.79 Å². The summed E-state index contributed by atoms with van der Waals surface area (Å²) in [5.74, 6) is -2.83. The van der Waals surface area contributed by atoms with E-state index in [-0.39, 0.29) is 41.4 Å². The number of carbonyl (C=O) groups is 1. The van der Waals surface area contributed by atoms with Gasteiger partial charge < -0.3 is 24.2 Å². The monoisotopic (exact) mass is 501 g/mol. The molecule has 2 aromatic carbocycles. The molecule has 36 heavy (non-hydrogen) atoms. The van der Waals surface area contributed by atoms with Crippen molar-refractivity contribution in [3.63, 3.8) is 0 Å². The number of H-pyrrole nitrogens is 1. The van der Waals surface area contributed by atoms with Crippen LogP contribution in [0.1, 0.15) is 32.6 Å². The predicted octanol–water partition coefficient (Wildman–Crippen LogP) is 5.27. The van der Waals surface area contributed by atoms with Gasteiger partial charge in [0.15, 0.2) is 17.5 Å². The molecule has 0 bridgehead atoms. The summed E-state index contributed by atoms with van der Waals surface area (Å²) in [5, 5.41) is 10.0. The third kappa shape index (κ3) is 4.97. The van der Waals surface area contributed by atoms with E-state index in [0.29, 0.717) is 35.5 Å². The smallest absolute Gasteiger partial charge is 0.320 e. The van der Waals surface area contributed by atoms with Gasteiger partial charge in [-0.05, 0) is 44.7 Å². The molecular formula is C24H22F3N5O4. The van der Waals surface area contributed by atoms with Gasteiger partial charge in [-0.25, -0.2) is 18.2 Å². The minimum absolute atomic E-state index is 0.00298. The first kappa shape index (κ1) is 23.6. The quantitative estimate of drug-likeness (QED) is 0.260. The number of aromatic nitrogens is 4.